The number of carbonyl (C=O) groups is 1. The second-order valence-electron chi connectivity index (χ2n) is 3.86. The van der Waals surface area contributed by atoms with Crippen molar-refractivity contribution >= 4 is 18.5 Å². The first kappa shape index (κ1) is 17.7. The van der Waals surface area contributed by atoms with E-state index < -0.39 is 6.09 Å². The minimum atomic E-state index is -0.557. The molecule has 19 heavy (non-hydrogen) atoms. The lowest BCUT2D eigenvalue weighted by molar-refractivity contribution is 0.0180. The van der Waals surface area contributed by atoms with Gasteiger partial charge < -0.3 is 10.5 Å². The van der Waals surface area contributed by atoms with Crippen LogP contribution >= 0.6 is 12.4 Å². The van der Waals surface area contributed by atoms with E-state index in [0.29, 0.717) is 19.8 Å². The molecule has 5 nitrogen and oxygen atoms in total. The van der Waals surface area contributed by atoms with Gasteiger partial charge in [0.15, 0.2) is 0 Å². The molecule has 1 aromatic rings. The van der Waals surface area contributed by atoms with Crippen LogP contribution in [-0.2, 0) is 16.2 Å². The number of unbranched alkanes of at least 4 members (excludes halogenated alkanes) is 2. The van der Waals surface area contributed by atoms with Crippen LogP contribution in [0.4, 0.5) is 4.79 Å². The third kappa shape index (κ3) is 9.30. The second kappa shape index (κ2) is 11.8. The average Bonchev–Trinajstić information content (AvgIpc) is 2.40. The molecule has 0 saturated heterocycles. The molecule has 3 N–H and O–H groups in total. The number of nitrogens with two attached hydrogens (primary N) is 1. The summed E-state index contributed by atoms with van der Waals surface area (Å²) < 4.78 is 4.91. The zero-order chi connectivity index (χ0) is 13.1. The van der Waals surface area contributed by atoms with E-state index in [9.17, 15) is 4.79 Å². The van der Waals surface area contributed by atoms with Crippen molar-refractivity contribution in [2.24, 2.45) is 5.73 Å². The molecule has 6 heteroatoms. The fourth-order valence-electron chi connectivity index (χ4n) is 1.37. The van der Waals surface area contributed by atoms with Crippen LogP contribution in [0.3, 0.4) is 0 Å². The van der Waals surface area contributed by atoms with Crippen molar-refractivity contribution in [2.75, 3.05) is 13.2 Å². The largest absolute Gasteiger partial charge is 0.448 e. The highest BCUT2D eigenvalue weighted by Crippen LogP contribution is 1.99. The molecule has 1 rings (SSSR count). The van der Waals surface area contributed by atoms with Crippen molar-refractivity contribution in [1.29, 1.82) is 0 Å². The molecule has 0 bridgehead atoms. The molecule has 0 aliphatic heterocycles. The highest BCUT2D eigenvalue weighted by Gasteiger charge is 2.01. The maximum absolute atomic E-state index is 11.2. The number of hydroxylamine groups is 1. The monoisotopic (exact) mass is 288 g/mol. The van der Waals surface area contributed by atoms with E-state index in [1.54, 1.807) is 0 Å². The van der Waals surface area contributed by atoms with Crippen LogP contribution in [0.1, 0.15) is 24.8 Å². The third-order valence-corrected chi connectivity index (χ3v) is 2.32. The number of carbonyl (C=O) groups excluding carboxylic acids is 1. The van der Waals surface area contributed by atoms with Crippen LogP contribution in [0.25, 0.3) is 0 Å². The van der Waals surface area contributed by atoms with E-state index in [2.05, 4.69) is 5.48 Å². The van der Waals surface area contributed by atoms with Gasteiger partial charge in [0.2, 0.25) is 0 Å². The Balaban J connectivity index is 0.00000324. The topological polar surface area (TPSA) is 73.6 Å². The summed E-state index contributed by atoms with van der Waals surface area (Å²) in [5.74, 6) is 0. The molecule has 0 aliphatic carbocycles. The molecule has 0 radical (unpaired) electrons. The fourth-order valence-corrected chi connectivity index (χ4v) is 1.37. The first-order valence-electron chi connectivity index (χ1n) is 6.11. The molecular formula is C13H21ClN2O3. The number of halogens is 1. The Morgan fingerprint density at radius 2 is 1.89 bits per heavy atom. The molecule has 1 aromatic carbocycles. The van der Waals surface area contributed by atoms with Crippen molar-refractivity contribution < 1.29 is 14.4 Å². The third-order valence-electron chi connectivity index (χ3n) is 2.32. The van der Waals surface area contributed by atoms with Crippen LogP contribution in [0, 0.1) is 0 Å². The maximum Gasteiger partial charge on any atom is 0.431 e. The van der Waals surface area contributed by atoms with Crippen molar-refractivity contribution in [2.45, 2.75) is 25.9 Å². The summed E-state index contributed by atoms with van der Waals surface area (Å²) >= 11 is 0. The normalized spacial score (nSPS) is 9.53. The van der Waals surface area contributed by atoms with Crippen LogP contribution in [0.2, 0.25) is 0 Å². The number of hydrogen-bond donors (Lipinski definition) is 2. The lowest BCUT2D eigenvalue weighted by Gasteiger charge is -2.07. The van der Waals surface area contributed by atoms with Gasteiger partial charge in [-0.25, -0.2) is 4.79 Å². The predicted octanol–water partition coefficient (Wildman–Crippen LogP) is 2.40. The van der Waals surface area contributed by atoms with E-state index in [1.165, 1.54) is 0 Å². The summed E-state index contributed by atoms with van der Waals surface area (Å²) in [7, 11) is 0. The summed E-state index contributed by atoms with van der Waals surface area (Å²) in [6.45, 7) is 1.38. The Kier molecular flexibility index (Phi) is 11.0. The van der Waals surface area contributed by atoms with Crippen molar-refractivity contribution in [3.05, 3.63) is 35.9 Å². The summed E-state index contributed by atoms with van der Waals surface area (Å²) in [4.78, 5) is 16.2. The van der Waals surface area contributed by atoms with Gasteiger partial charge in [0, 0.05) is 0 Å². The molecule has 0 fully saturated rings. The van der Waals surface area contributed by atoms with Crippen molar-refractivity contribution in [3.8, 4) is 0 Å². The molecule has 0 saturated carbocycles. The highest BCUT2D eigenvalue weighted by atomic mass is 35.5. The van der Waals surface area contributed by atoms with Crippen LogP contribution in [0.5, 0.6) is 0 Å². The molecule has 0 atom stereocenters. The second-order valence-corrected chi connectivity index (χ2v) is 3.86. The molecule has 0 aliphatic rings. The summed E-state index contributed by atoms with van der Waals surface area (Å²) in [5.41, 5.74) is 8.57. The number of hydrogen-bond acceptors (Lipinski definition) is 4. The lowest BCUT2D eigenvalue weighted by Crippen LogP contribution is -2.24. The summed E-state index contributed by atoms with van der Waals surface area (Å²) in [6.07, 6.45) is 2.19. The van der Waals surface area contributed by atoms with Gasteiger partial charge in [-0.2, -0.15) is 5.48 Å². The number of ether oxygens (including phenoxy) is 1. The maximum atomic E-state index is 11.2. The molecule has 0 aromatic heterocycles. The average molecular weight is 289 g/mol. The lowest BCUT2D eigenvalue weighted by atomic mass is 10.2. The number of benzene rings is 1. The van der Waals surface area contributed by atoms with Crippen LogP contribution < -0.4 is 11.2 Å². The van der Waals surface area contributed by atoms with E-state index in [0.717, 1.165) is 24.8 Å². The molecule has 0 spiro atoms. The van der Waals surface area contributed by atoms with E-state index >= 15 is 0 Å². The molecule has 1 amide bonds. The Morgan fingerprint density at radius 1 is 1.16 bits per heavy atom. The molecule has 0 unspecified atom stereocenters. The Hall–Kier alpha value is -1.30. The minimum absolute atomic E-state index is 0. The first-order valence-corrected chi connectivity index (χ1v) is 6.11. The van der Waals surface area contributed by atoms with Gasteiger partial charge in [-0.15, -0.1) is 12.4 Å². The zero-order valence-electron chi connectivity index (χ0n) is 10.8. The van der Waals surface area contributed by atoms with Crippen LogP contribution in [0.15, 0.2) is 30.3 Å². The smallest absolute Gasteiger partial charge is 0.431 e. The Bertz CT molecular complexity index is 336. The van der Waals surface area contributed by atoms with Gasteiger partial charge in [0.05, 0.1) is 13.2 Å². The predicted molar refractivity (Wildman–Crippen MR) is 75.9 cm³/mol. The van der Waals surface area contributed by atoms with E-state index in [-0.39, 0.29) is 12.4 Å². The molecule has 108 valence electrons. The van der Waals surface area contributed by atoms with Gasteiger partial charge in [-0.05, 0) is 31.4 Å². The number of rotatable bonds is 8. The SMILES string of the molecule is Cl.NCCCCCOC(=O)NOCc1ccccc1. The van der Waals surface area contributed by atoms with Gasteiger partial charge >= 0.3 is 6.09 Å². The minimum Gasteiger partial charge on any atom is -0.448 e. The zero-order valence-corrected chi connectivity index (χ0v) is 11.7. The van der Waals surface area contributed by atoms with Gasteiger partial charge in [0.25, 0.3) is 0 Å². The summed E-state index contributed by atoms with van der Waals surface area (Å²) in [6, 6.07) is 9.58. The van der Waals surface area contributed by atoms with Crippen molar-refractivity contribution in [1.82, 2.24) is 5.48 Å². The van der Waals surface area contributed by atoms with E-state index in [1.807, 2.05) is 30.3 Å². The van der Waals surface area contributed by atoms with Crippen molar-refractivity contribution in [3.63, 3.8) is 0 Å². The molecular weight excluding hydrogens is 268 g/mol. The van der Waals surface area contributed by atoms with Gasteiger partial charge in [0.1, 0.15) is 0 Å². The summed E-state index contributed by atoms with van der Waals surface area (Å²) in [5, 5.41) is 0. The molecule has 0 heterocycles. The van der Waals surface area contributed by atoms with E-state index in [4.69, 9.17) is 15.3 Å². The quantitative estimate of drug-likeness (QED) is 0.569. The number of nitrogens with one attached hydrogen (secondary N) is 1. The van der Waals surface area contributed by atoms with Crippen LogP contribution in [-0.4, -0.2) is 19.2 Å². The standard InChI is InChI=1S/C13H20N2O3.ClH/c14-9-5-2-6-10-17-13(16)15-18-11-12-7-3-1-4-8-12;/h1,3-4,7-8H,2,5-6,9-11,14H2,(H,15,16);1H. The highest BCUT2D eigenvalue weighted by molar-refractivity contribution is 5.85. The Labute approximate surface area is 119 Å². The van der Waals surface area contributed by atoms with Gasteiger partial charge in [-0.3, -0.25) is 4.84 Å². The van der Waals surface area contributed by atoms with Gasteiger partial charge in [-0.1, -0.05) is 30.3 Å². The fraction of sp³-hybridized carbons (Fsp3) is 0.462. The number of amides is 1. The Morgan fingerprint density at radius 3 is 2.58 bits per heavy atom. The first-order chi connectivity index (χ1) is 8.83.